The van der Waals surface area contributed by atoms with E-state index in [0.717, 1.165) is 31.3 Å². The van der Waals surface area contributed by atoms with E-state index in [1.54, 1.807) is 0 Å². The van der Waals surface area contributed by atoms with Crippen LogP contribution in [-0.2, 0) is 0 Å². The Bertz CT molecular complexity index is 297. The highest BCUT2D eigenvalue weighted by atomic mass is 15.2. The molecular weight excluding hydrogens is 222 g/mol. The third-order valence-electron chi connectivity index (χ3n) is 4.43. The van der Waals surface area contributed by atoms with Gasteiger partial charge in [0.25, 0.3) is 0 Å². The number of nitrogens with one attached hydrogen (secondary N) is 1. The molecule has 1 N–H and O–H groups in total. The van der Waals surface area contributed by atoms with Crippen molar-refractivity contribution < 1.29 is 0 Å². The third kappa shape index (κ3) is 3.96. The zero-order valence-corrected chi connectivity index (χ0v) is 12.7. The van der Waals surface area contributed by atoms with Gasteiger partial charge in [0.05, 0.1) is 6.07 Å². The van der Waals surface area contributed by atoms with E-state index in [1.807, 2.05) is 6.92 Å². The minimum Gasteiger partial charge on any atom is -0.300 e. The summed E-state index contributed by atoms with van der Waals surface area (Å²) in [5.41, 5.74) is -0.377. The van der Waals surface area contributed by atoms with Gasteiger partial charge >= 0.3 is 0 Å². The van der Waals surface area contributed by atoms with Crippen LogP contribution >= 0.6 is 0 Å². The van der Waals surface area contributed by atoms with E-state index >= 15 is 0 Å². The first-order valence-electron chi connectivity index (χ1n) is 7.32. The molecule has 1 saturated heterocycles. The van der Waals surface area contributed by atoms with Crippen LogP contribution in [0.5, 0.6) is 0 Å². The molecule has 0 aromatic rings. The lowest BCUT2D eigenvalue weighted by molar-refractivity contribution is 0.0737. The summed E-state index contributed by atoms with van der Waals surface area (Å²) < 4.78 is 0. The van der Waals surface area contributed by atoms with Gasteiger partial charge in [0.1, 0.15) is 5.54 Å². The van der Waals surface area contributed by atoms with Crippen LogP contribution in [0, 0.1) is 23.2 Å². The van der Waals surface area contributed by atoms with E-state index in [0.29, 0.717) is 6.04 Å². The second-order valence-corrected chi connectivity index (χ2v) is 6.28. The first kappa shape index (κ1) is 15.5. The lowest BCUT2D eigenvalue weighted by Gasteiger charge is -2.42. The summed E-state index contributed by atoms with van der Waals surface area (Å²) in [7, 11) is 0. The van der Waals surface area contributed by atoms with Crippen molar-refractivity contribution in [2.75, 3.05) is 19.6 Å². The van der Waals surface area contributed by atoms with E-state index in [2.05, 4.69) is 44.0 Å². The Morgan fingerprint density at radius 3 is 2.61 bits per heavy atom. The molecule has 1 aliphatic heterocycles. The molecular formula is C15H29N3. The highest BCUT2D eigenvalue weighted by Crippen LogP contribution is 2.27. The van der Waals surface area contributed by atoms with Gasteiger partial charge in [-0.25, -0.2) is 0 Å². The molecule has 104 valence electrons. The Balaban J connectivity index is 2.53. The average Bonchev–Trinajstić information content (AvgIpc) is 2.32. The zero-order valence-electron chi connectivity index (χ0n) is 12.7. The summed E-state index contributed by atoms with van der Waals surface area (Å²) in [5, 5.41) is 12.6. The van der Waals surface area contributed by atoms with Crippen molar-refractivity contribution in [2.24, 2.45) is 11.8 Å². The normalized spacial score (nSPS) is 32.8. The predicted molar refractivity (Wildman–Crippen MR) is 76.3 cm³/mol. The number of likely N-dealkylation sites (tertiary alicyclic amines) is 1. The van der Waals surface area contributed by atoms with Crippen molar-refractivity contribution in [1.82, 2.24) is 10.2 Å². The first-order valence-corrected chi connectivity index (χ1v) is 7.32. The molecule has 1 fully saturated rings. The molecule has 0 bridgehead atoms. The van der Waals surface area contributed by atoms with Gasteiger partial charge in [-0.05, 0) is 45.1 Å². The highest BCUT2D eigenvalue weighted by Gasteiger charge is 2.30. The van der Waals surface area contributed by atoms with Crippen LogP contribution in [-0.4, -0.2) is 36.1 Å². The Kier molecular flexibility index (Phi) is 5.62. The van der Waals surface area contributed by atoms with E-state index in [4.69, 9.17) is 0 Å². The maximum atomic E-state index is 9.28. The third-order valence-corrected chi connectivity index (χ3v) is 4.43. The van der Waals surface area contributed by atoms with Crippen molar-refractivity contribution in [1.29, 1.82) is 5.26 Å². The van der Waals surface area contributed by atoms with Gasteiger partial charge in [-0.1, -0.05) is 20.8 Å². The topological polar surface area (TPSA) is 39.1 Å². The Morgan fingerprint density at radius 1 is 1.39 bits per heavy atom. The summed E-state index contributed by atoms with van der Waals surface area (Å²) >= 11 is 0. The number of nitriles is 1. The molecule has 4 unspecified atom stereocenters. The fourth-order valence-corrected chi connectivity index (χ4v) is 3.07. The summed E-state index contributed by atoms with van der Waals surface area (Å²) in [6.45, 7) is 14.1. The smallest absolute Gasteiger partial charge is 0.105 e. The zero-order chi connectivity index (χ0) is 13.8. The Hall–Kier alpha value is -0.590. The Morgan fingerprint density at radius 2 is 2.06 bits per heavy atom. The molecule has 0 aliphatic carbocycles. The lowest BCUT2D eigenvalue weighted by Crippen LogP contribution is -2.49. The Labute approximate surface area is 113 Å². The van der Waals surface area contributed by atoms with E-state index in [-0.39, 0.29) is 5.54 Å². The molecule has 4 atom stereocenters. The number of hydrogen-bond donors (Lipinski definition) is 1. The van der Waals surface area contributed by atoms with Gasteiger partial charge in [0.15, 0.2) is 0 Å². The van der Waals surface area contributed by atoms with Crippen molar-refractivity contribution in [3.05, 3.63) is 0 Å². The summed E-state index contributed by atoms with van der Waals surface area (Å²) in [6.07, 6.45) is 2.24. The van der Waals surface area contributed by atoms with Crippen LogP contribution in [0.4, 0.5) is 0 Å². The van der Waals surface area contributed by atoms with E-state index < -0.39 is 0 Å². The van der Waals surface area contributed by atoms with Crippen molar-refractivity contribution >= 4 is 0 Å². The fraction of sp³-hybridized carbons (Fsp3) is 0.933. The van der Waals surface area contributed by atoms with Crippen LogP contribution in [0.25, 0.3) is 0 Å². The van der Waals surface area contributed by atoms with E-state index in [9.17, 15) is 5.26 Å². The van der Waals surface area contributed by atoms with Gasteiger partial charge < -0.3 is 4.90 Å². The van der Waals surface area contributed by atoms with Crippen LogP contribution < -0.4 is 5.32 Å². The fourth-order valence-electron chi connectivity index (χ4n) is 3.07. The number of rotatable bonds is 5. The number of piperidine rings is 1. The van der Waals surface area contributed by atoms with Gasteiger partial charge in [-0.2, -0.15) is 5.26 Å². The van der Waals surface area contributed by atoms with Crippen LogP contribution in [0.2, 0.25) is 0 Å². The largest absolute Gasteiger partial charge is 0.300 e. The second-order valence-electron chi connectivity index (χ2n) is 6.28. The molecule has 3 heteroatoms. The molecule has 1 aliphatic rings. The summed E-state index contributed by atoms with van der Waals surface area (Å²) in [5.74, 6) is 1.55. The molecule has 3 nitrogen and oxygen atoms in total. The molecule has 0 aromatic carbocycles. The number of hydrogen-bond acceptors (Lipinski definition) is 3. The van der Waals surface area contributed by atoms with Gasteiger partial charge in [0.2, 0.25) is 0 Å². The second kappa shape index (κ2) is 6.54. The molecule has 0 amide bonds. The quantitative estimate of drug-likeness (QED) is 0.816. The standard InChI is InChI=1S/C15H29N3/c1-6-17-15(5,11-16)7-8-18-10-12(2)9-13(3)14(18)4/h12-14,17H,6-10H2,1-5H3. The van der Waals surface area contributed by atoms with Gasteiger partial charge in [-0.3, -0.25) is 5.32 Å². The van der Waals surface area contributed by atoms with Gasteiger partial charge in [-0.15, -0.1) is 0 Å². The molecule has 0 spiro atoms. The minimum absolute atomic E-state index is 0.377. The van der Waals surface area contributed by atoms with Gasteiger partial charge in [0, 0.05) is 19.1 Å². The van der Waals surface area contributed by atoms with Crippen molar-refractivity contribution in [3.63, 3.8) is 0 Å². The molecule has 1 heterocycles. The van der Waals surface area contributed by atoms with Crippen LogP contribution in [0.15, 0.2) is 0 Å². The molecule has 0 saturated carbocycles. The van der Waals surface area contributed by atoms with E-state index in [1.165, 1.54) is 13.0 Å². The SMILES string of the molecule is CCNC(C)(C#N)CCN1CC(C)CC(C)C1C. The summed E-state index contributed by atoms with van der Waals surface area (Å²) in [6, 6.07) is 3.06. The minimum atomic E-state index is -0.377. The number of nitrogens with zero attached hydrogens (tertiary/aromatic N) is 2. The van der Waals surface area contributed by atoms with Crippen LogP contribution in [0.3, 0.4) is 0 Å². The lowest BCUT2D eigenvalue weighted by atomic mass is 9.85. The summed E-state index contributed by atoms with van der Waals surface area (Å²) in [4.78, 5) is 2.56. The predicted octanol–water partition coefficient (Wildman–Crippen LogP) is 2.63. The highest BCUT2D eigenvalue weighted by molar-refractivity contribution is 5.04. The van der Waals surface area contributed by atoms with Crippen molar-refractivity contribution in [3.8, 4) is 6.07 Å². The molecule has 18 heavy (non-hydrogen) atoms. The molecule has 0 aromatic heterocycles. The van der Waals surface area contributed by atoms with Crippen molar-refractivity contribution in [2.45, 2.75) is 59.0 Å². The first-order chi connectivity index (χ1) is 8.41. The molecule has 1 rings (SSSR count). The average molecular weight is 251 g/mol. The molecule has 0 radical (unpaired) electrons. The monoisotopic (exact) mass is 251 g/mol. The van der Waals surface area contributed by atoms with Crippen LogP contribution in [0.1, 0.15) is 47.5 Å². The maximum Gasteiger partial charge on any atom is 0.105 e. The maximum absolute atomic E-state index is 9.28.